The van der Waals surface area contributed by atoms with E-state index >= 15 is 0 Å². The van der Waals surface area contributed by atoms with E-state index in [9.17, 15) is 10.1 Å². The maximum Gasteiger partial charge on any atom is 0.234 e. The van der Waals surface area contributed by atoms with Crippen molar-refractivity contribution in [3.63, 3.8) is 0 Å². The second-order valence-corrected chi connectivity index (χ2v) is 5.86. The lowest BCUT2D eigenvalue weighted by molar-refractivity contribution is -0.123. The molecule has 1 amide bonds. The monoisotopic (exact) mass is 251 g/mol. The molecule has 0 spiro atoms. The van der Waals surface area contributed by atoms with Crippen LogP contribution in [0.4, 0.5) is 0 Å². The van der Waals surface area contributed by atoms with Crippen LogP contribution < -0.4 is 5.32 Å². The molecule has 1 saturated carbocycles. The van der Waals surface area contributed by atoms with Gasteiger partial charge in [0, 0.05) is 12.1 Å². The highest BCUT2D eigenvalue weighted by molar-refractivity contribution is 5.78. The SMILES string of the molecule is CC1CCC(C#N)C(N(C)CC(=O)NC(C)C)C1. The van der Waals surface area contributed by atoms with Crippen molar-refractivity contribution in [3.05, 3.63) is 0 Å². The van der Waals surface area contributed by atoms with E-state index in [2.05, 4.69) is 18.3 Å². The molecule has 4 nitrogen and oxygen atoms in total. The average molecular weight is 251 g/mol. The molecule has 0 aromatic heterocycles. The smallest absolute Gasteiger partial charge is 0.234 e. The molecule has 1 aliphatic rings. The van der Waals surface area contributed by atoms with Crippen molar-refractivity contribution in [1.82, 2.24) is 10.2 Å². The van der Waals surface area contributed by atoms with E-state index in [1.165, 1.54) is 0 Å². The Bertz CT molecular complexity index is 321. The standard InChI is InChI=1S/C14H25N3O/c1-10(2)16-14(18)9-17(4)13-7-11(3)5-6-12(13)8-15/h10-13H,5-7,9H2,1-4H3,(H,16,18). The van der Waals surface area contributed by atoms with Crippen molar-refractivity contribution in [2.24, 2.45) is 11.8 Å². The first-order chi connectivity index (χ1) is 8.43. The zero-order chi connectivity index (χ0) is 13.7. The minimum absolute atomic E-state index is 0.0439. The zero-order valence-electron chi connectivity index (χ0n) is 11.9. The molecule has 1 aliphatic carbocycles. The maximum absolute atomic E-state index is 11.7. The molecule has 0 bridgehead atoms. The molecule has 0 aromatic rings. The minimum atomic E-state index is 0.0439. The normalized spacial score (nSPS) is 28.2. The van der Waals surface area contributed by atoms with Crippen LogP contribution >= 0.6 is 0 Å². The molecule has 0 aromatic carbocycles. The Balaban J connectivity index is 2.55. The predicted octanol–water partition coefficient (Wildman–Crippen LogP) is 1.77. The van der Waals surface area contributed by atoms with Crippen molar-refractivity contribution < 1.29 is 4.79 Å². The Kier molecular flexibility index (Phi) is 5.61. The topological polar surface area (TPSA) is 56.1 Å². The number of rotatable bonds is 4. The summed E-state index contributed by atoms with van der Waals surface area (Å²) in [5, 5.41) is 12.1. The molecule has 0 heterocycles. The fourth-order valence-corrected chi connectivity index (χ4v) is 2.70. The number of likely N-dealkylation sites (N-methyl/N-ethyl adjacent to an activating group) is 1. The molecule has 18 heavy (non-hydrogen) atoms. The molecule has 0 aliphatic heterocycles. The summed E-state index contributed by atoms with van der Waals surface area (Å²) < 4.78 is 0. The van der Waals surface area contributed by atoms with Gasteiger partial charge in [-0.05, 0) is 46.1 Å². The van der Waals surface area contributed by atoms with E-state index in [0.29, 0.717) is 12.5 Å². The molecule has 1 fully saturated rings. The van der Waals surface area contributed by atoms with Gasteiger partial charge in [-0.25, -0.2) is 0 Å². The Hall–Kier alpha value is -1.08. The van der Waals surface area contributed by atoms with Gasteiger partial charge < -0.3 is 5.32 Å². The second kappa shape index (κ2) is 6.75. The Labute approximate surface area is 110 Å². The largest absolute Gasteiger partial charge is 0.353 e. The third-order valence-electron chi connectivity index (χ3n) is 3.65. The first kappa shape index (κ1) is 15.0. The highest BCUT2D eigenvalue weighted by atomic mass is 16.2. The molecule has 3 atom stereocenters. The van der Waals surface area contributed by atoms with Gasteiger partial charge in [0.1, 0.15) is 0 Å². The van der Waals surface area contributed by atoms with Crippen LogP contribution in [0.3, 0.4) is 0 Å². The number of amides is 1. The van der Waals surface area contributed by atoms with Crippen LogP contribution in [0.2, 0.25) is 0 Å². The van der Waals surface area contributed by atoms with Crippen LogP contribution in [0.5, 0.6) is 0 Å². The summed E-state index contributed by atoms with van der Waals surface area (Å²) in [4.78, 5) is 13.8. The lowest BCUT2D eigenvalue weighted by Gasteiger charge is -2.37. The van der Waals surface area contributed by atoms with E-state index < -0.39 is 0 Å². The van der Waals surface area contributed by atoms with E-state index in [4.69, 9.17) is 0 Å². The van der Waals surface area contributed by atoms with Gasteiger partial charge in [0.15, 0.2) is 0 Å². The van der Waals surface area contributed by atoms with E-state index in [1.807, 2.05) is 25.8 Å². The van der Waals surface area contributed by atoms with Crippen LogP contribution in [-0.4, -0.2) is 36.5 Å². The van der Waals surface area contributed by atoms with Gasteiger partial charge >= 0.3 is 0 Å². The highest BCUT2D eigenvalue weighted by Gasteiger charge is 2.32. The first-order valence-electron chi connectivity index (χ1n) is 6.83. The summed E-state index contributed by atoms with van der Waals surface area (Å²) in [5.41, 5.74) is 0. The van der Waals surface area contributed by atoms with Crippen molar-refractivity contribution >= 4 is 5.91 Å². The van der Waals surface area contributed by atoms with Gasteiger partial charge in [-0.2, -0.15) is 5.26 Å². The number of hydrogen-bond acceptors (Lipinski definition) is 3. The Morgan fingerprint density at radius 2 is 2.17 bits per heavy atom. The number of carbonyl (C=O) groups excluding carboxylic acids is 1. The van der Waals surface area contributed by atoms with Crippen LogP contribution in [0, 0.1) is 23.2 Å². The van der Waals surface area contributed by atoms with Gasteiger partial charge in [0.05, 0.1) is 18.5 Å². The molecular formula is C14H25N3O. The highest BCUT2D eigenvalue weighted by Crippen LogP contribution is 2.31. The maximum atomic E-state index is 11.7. The predicted molar refractivity (Wildman–Crippen MR) is 71.8 cm³/mol. The van der Waals surface area contributed by atoms with Crippen LogP contribution in [0.15, 0.2) is 0 Å². The summed E-state index contributed by atoms with van der Waals surface area (Å²) >= 11 is 0. The molecule has 0 saturated heterocycles. The molecule has 4 heteroatoms. The van der Waals surface area contributed by atoms with E-state index in [1.54, 1.807) is 0 Å². The van der Waals surface area contributed by atoms with Gasteiger partial charge in [0.25, 0.3) is 0 Å². The summed E-state index contributed by atoms with van der Waals surface area (Å²) in [6.45, 7) is 6.52. The molecular weight excluding hydrogens is 226 g/mol. The minimum Gasteiger partial charge on any atom is -0.353 e. The fraction of sp³-hybridized carbons (Fsp3) is 0.857. The van der Waals surface area contributed by atoms with Gasteiger partial charge in [-0.3, -0.25) is 9.69 Å². The van der Waals surface area contributed by atoms with Gasteiger partial charge in [0.2, 0.25) is 5.91 Å². The molecule has 102 valence electrons. The lowest BCUT2D eigenvalue weighted by Crippen LogP contribution is -2.47. The third-order valence-corrected chi connectivity index (χ3v) is 3.65. The van der Waals surface area contributed by atoms with Crippen molar-refractivity contribution in [1.29, 1.82) is 5.26 Å². The van der Waals surface area contributed by atoms with E-state index in [-0.39, 0.29) is 23.9 Å². The molecule has 3 unspecified atom stereocenters. The number of nitriles is 1. The number of nitrogens with zero attached hydrogens (tertiary/aromatic N) is 2. The summed E-state index contributed by atoms with van der Waals surface area (Å²) in [6.07, 6.45) is 3.10. The summed E-state index contributed by atoms with van der Waals surface area (Å²) in [7, 11) is 1.95. The fourth-order valence-electron chi connectivity index (χ4n) is 2.70. The van der Waals surface area contributed by atoms with Gasteiger partial charge in [-0.15, -0.1) is 0 Å². The lowest BCUT2D eigenvalue weighted by atomic mass is 9.79. The third kappa shape index (κ3) is 4.30. The van der Waals surface area contributed by atoms with Crippen molar-refractivity contribution in [3.8, 4) is 6.07 Å². The Morgan fingerprint density at radius 1 is 1.50 bits per heavy atom. The van der Waals surface area contributed by atoms with Crippen LogP contribution in [0.1, 0.15) is 40.0 Å². The van der Waals surface area contributed by atoms with Gasteiger partial charge in [-0.1, -0.05) is 6.92 Å². The summed E-state index contributed by atoms with van der Waals surface area (Å²) in [6, 6.07) is 2.78. The second-order valence-electron chi connectivity index (χ2n) is 5.86. The average Bonchev–Trinajstić information content (AvgIpc) is 2.27. The van der Waals surface area contributed by atoms with E-state index in [0.717, 1.165) is 19.3 Å². The number of hydrogen-bond donors (Lipinski definition) is 1. The molecule has 0 radical (unpaired) electrons. The zero-order valence-corrected chi connectivity index (χ0v) is 11.9. The quantitative estimate of drug-likeness (QED) is 0.828. The van der Waals surface area contributed by atoms with Crippen molar-refractivity contribution in [2.75, 3.05) is 13.6 Å². The van der Waals surface area contributed by atoms with Crippen LogP contribution in [0.25, 0.3) is 0 Å². The number of nitrogens with one attached hydrogen (secondary N) is 1. The van der Waals surface area contributed by atoms with Crippen LogP contribution in [-0.2, 0) is 4.79 Å². The van der Waals surface area contributed by atoms with Crippen molar-refractivity contribution in [2.45, 2.75) is 52.1 Å². The first-order valence-corrected chi connectivity index (χ1v) is 6.83. The molecule has 1 rings (SSSR count). The Morgan fingerprint density at radius 3 is 2.72 bits per heavy atom. The summed E-state index contributed by atoms with van der Waals surface area (Å²) in [5.74, 6) is 0.760. The number of carbonyl (C=O) groups is 1. The molecule has 1 N–H and O–H groups in total.